The van der Waals surface area contributed by atoms with Gasteiger partial charge in [-0.2, -0.15) is 0 Å². The average molecular weight is 286 g/mol. The van der Waals surface area contributed by atoms with E-state index in [0.717, 1.165) is 19.3 Å². The van der Waals surface area contributed by atoms with Crippen molar-refractivity contribution in [1.82, 2.24) is 10.2 Å². The smallest absolute Gasteiger partial charge is 0.317 e. The van der Waals surface area contributed by atoms with Crippen LogP contribution in [0, 0.1) is 5.92 Å². The molecule has 0 spiro atoms. The first-order valence-corrected chi connectivity index (χ1v) is 7.44. The third-order valence-corrected chi connectivity index (χ3v) is 3.85. The lowest BCUT2D eigenvalue weighted by Gasteiger charge is -2.37. The summed E-state index contributed by atoms with van der Waals surface area (Å²) < 4.78 is 0. The van der Waals surface area contributed by atoms with Crippen molar-refractivity contribution < 1.29 is 19.8 Å². The van der Waals surface area contributed by atoms with Crippen LogP contribution in [0.5, 0.6) is 0 Å². The summed E-state index contributed by atoms with van der Waals surface area (Å²) in [5.74, 6) is -1.17. The Balaban J connectivity index is 2.25. The number of hydrogen-bond acceptors (Lipinski definition) is 3. The summed E-state index contributed by atoms with van der Waals surface area (Å²) in [6, 6.07) is 0.214. The Morgan fingerprint density at radius 3 is 2.55 bits per heavy atom. The Labute approximate surface area is 120 Å². The van der Waals surface area contributed by atoms with Gasteiger partial charge in [0, 0.05) is 25.7 Å². The predicted molar refractivity (Wildman–Crippen MR) is 75.5 cm³/mol. The van der Waals surface area contributed by atoms with Crippen molar-refractivity contribution in [3.05, 3.63) is 0 Å². The molecule has 2 amide bonds. The van der Waals surface area contributed by atoms with Gasteiger partial charge in [0.05, 0.1) is 5.92 Å². The predicted octanol–water partition coefficient (Wildman–Crippen LogP) is 1.43. The Bertz CT molecular complexity index is 318. The van der Waals surface area contributed by atoms with Crippen LogP contribution in [0.2, 0.25) is 0 Å². The molecule has 1 aliphatic rings. The molecule has 0 bridgehead atoms. The average Bonchev–Trinajstić information content (AvgIpc) is 2.36. The number of amides is 2. The van der Waals surface area contributed by atoms with Crippen molar-refractivity contribution >= 4 is 12.0 Å². The fourth-order valence-corrected chi connectivity index (χ4v) is 2.22. The number of carbonyl (C=O) groups is 2. The molecule has 116 valence electrons. The number of rotatable bonds is 9. The van der Waals surface area contributed by atoms with E-state index in [2.05, 4.69) is 5.32 Å². The second kappa shape index (κ2) is 8.79. The van der Waals surface area contributed by atoms with Crippen molar-refractivity contribution in [1.29, 1.82) is 0 Å². The molecule has 3 N–H and O–H groups in total. The Morgan fingerprint density at radius 1 is 1.35 bits per heavy atom. The molecule has 6 heteroatoms. The summed E-state index contributed by atoms with van der Waals surface area (Å²) in [7, 11) is 0. The summed E-state index contributed by atoms with van der Waals surface area (Å²) in [4.78, 5) is 24.6. The molecule has 20 heavy (non-hydrogen) atoms. The number of urea groups is 1. The van der Waals surface area contributed by atoms with Crippen molar-refractivity contribution in [2.45, 2.75) is 51.5 Å². The highest BCUT2D eigenvalue weighted by atomic mass is 16.4. The molecule has 0 saturated heterocycles. The van der Waals surface area contributed by atoms with Crippen LogP contribution in [-0.4, -0.2) is 52.9 Å². The van der Waals surface area contributed by atoms with Gasteiger partial charge in [-0.15, -0.1) is 0 Å². The minimum atomic E-state index is -0.796. The molecule has 0 heterocycles. The number of aliphatic hydroxyl groups is 1. The van der Waals surface area contributed by atoms with Crippen molar-refractivity contribution in [2.24, 2.45) is 5.92 Å². The molecule has 0 radical (unpaired) electrons. The summed E-state index contributed by atoms with van der Waals surface area (Å²) >= 11 is 0. The summed E-state index contributed by atoms with van der Waals surface area (Å²) in [5, 5.41) is 20.5. The highest BCUT2D eigenvalue weighted by Crippen LogP contribution is 2.24. The van der Waals surface area contributed by atoms with E-state index >= 15 is 0 Å². The zero-order valence-corrected chi connectivity index (χ0v) is 12.2. The first kappa shape index (κ1) is 16.8. The van der Waals surface area contributed by atoms with Crippen molar-refractivity contribution in [2.75, 3.05) is 19.7 Å². The van der Waals surface area contributed by atoms with Gasteiger partial charge >= 0.3 is 12.0 Å². The Kier molecular flexibility index (Phi) is 7.36. The van der Waals surface area contributed by atoms with Crippen LogP contribution in [0.3, 0.4) is 0 Å². The molecule has 0 aromatic heterocycles. The SMILES string of the molecule is CC(CCCNC(=O)N(CCCO)C1CCC1)C(=O)O. The number of carbonyl (C=O) groups excluding carboxylic acids is 1. The van der Waals surface area contributed by atoms with Crippen LogP contribution < -0.4 is 5.32 Å². The van der Waals surface area contributed by atoms with E-state index in [1.807, 2.05) is 0 Å². The summed E-state index contributed by atoms with van der Waals surface area (Å²) in [6.07, 6.45) is 5.06. The summed E-state index contributed by atoms with van der Waals surface area (Å²) in [6.45, 7) is 2.84. The second-order valence-electron chi connectivity index (χ2n) is 5.47. The number of hydrogen-bond donors (Lipinski definition) is 3. The van der Waals surface area contributed by atoms with Gasteiger partial charge in [-0.3, -0.25) is 4.79 Å². The van der Waals surface area contributed by atoms with E-state index in [0.29, 0.717) is 38.4 Å². The highest BCUT2D eigenvalue weighted by Gasteiger charge is 2.28. The minimum Gasteiger partial charge on any atom is -0.481 e. The standard InChI is InChI=1S/C14H26N2O4/c1-11(13(18)19)5-3-8-15-14(20)16(9-4-10-17)12-6-2-7-12/h11-12,17H,2-10H2,1H3,(H,15,20)(H,18,19). The molecule has 1 atom stereocenters. The fourth-order valence-electron chi connectivity index (χ4n) is 2.22. The number of nitrogens with zero attached hydrogens (tertiary/aromatic N) is 1. The second-order valence-corrected chi connectivity index (χ2v) is 5.47. The first-order valence-electron chi connectivity index (χ1n) is 7.44. The van der Waals surface area contributed by atoms with Gasteiger partial charge in [0.2, 0.25) is 0 Å². The third kappa shape index (κ3) is 5.36. The monoisotopic (exact) mass is 286 g/mol. The van der Waals surface area contributed by atoms with Crippen LogP contribution in [0.1, 0.15) is 45.4 Å². The fraction of sp³-hybridized carbons (Fsp3) is 0.857. The molecule has 1 fully saturated rings. The maximum Gasteiger partial charge on any atom is 0.317 e. The molecule has 1 unspecified atom stereocenters. The molecule has 1 rings (SSSR count). The first-order chi connectivity index (χ1) is 9.56. The largest absolute Gasteiger partial charge is 0.481 e. The molecule has 1 aliphatic carbocycles. The van der Waals surface area contributed by atoms with E-state index in [1.54, 1.807) is 11.8 Å². The van der Waals surface area contributed by atoms with Gasteiger partial charge in [-0.05, 0) is 38.5 Å². The van der Waals surface area contributed by atoms with E-state index in [4.69, 9.17) is 10.2 Å². The van der Waals surface area contributed by atoms with Crippen LogP contribution in [0.4, 0.5) is 4.79 Å². The topological polar surface area (TPSA) is 89.9 Å². The molecule has 6 nitrogen and oxygen atoms in total. The molecular weight excluding hydrogens is 260 g/mol. The Morgan fingerprint density at radius 2 is 2.05 bits per heavy atom. The number of carboxylic acids is 1. The third-order valence-electron chi connectivity index (χ3n) is 3.85. The minimum absolute atomic E-state index is 0.0899. The number of aliphatic hydroxyl groups excluding tert-OH is 1. The van der Waals surface area contributed by atoms with Gasteiger partial charge in [0.1, 0.15) is 0 Å². The van der Waals surface area contributed by atoms with E-state index in [1.165, 1.54) is 0 Å². The van der Waals surface area contributed by atoms with E-state index < -0.39 is 5.97 Å². The van der Waals surface area contributed by atoms with Crippen LogP contribution in [-0.2, 0) is 4.79 Å². The van der Waals surface area contributed by atoms with Gasteiger partial charge in [0.25, 0.3) is 0 Å². The molecule has 0 aliphatic heterocycles. The Hall–Kier alpha value is -1.30. The lowest BCUT2D eigenvalue weighted by molar-refractivity contribution is -0.141. The molecular formula is C14H26N2O4. The molecule has 0 aromatic rings. The maximum atomic E-state index is 12.1. The van der Waals surface area contributed by atoms with Crippen LogP contribution >= 0.6 is 0 Å². The number of carboxylic acid groups (broad SMARTS) is 1. The van der Waals surface area contributed by atoms with E-state index in [9.17, 15) is 9.59 Å². The van der Waals surface area contributed by atoms with Crippen LogP contribution in [0.25, 0.3) is 0 Å². The normalized spacial score (nSPS) is 16.3. The highest BCUT2D eigenvalue weighted by molar-refractivity contribution is 5.74. The van der Waals surface area contributed by atoms with Gasteiger partial charge in [-0.1, -0.05) is 6.92 Å². The number of aliphatic carboxylic acids is 1. The van der Waals surface area contributed by atoms with Crippen LogP contribution in [0.15, 0.2) is 0 Å². The zero-order chi connectivity index (χ0) is 15.0. The number of nitrogens with one attached hydrogen (secondary N) is 1. The van der Waals surface area contributed by atoms with E-state index in [-0.39, 0.29) is 18.6 Å². The lowest BCUT2D eigenvalue weighted by atomic mass is 9.91. The van der Waals surface area contributed by atoms with Gasteiger partial charge < -0.3 is 20.4 Å². The zero-order valence-electron chi connectivity index (χ0n) is 12.2. The van der Waals surface area contributed by atoms with Crippen molar-refractivity contribution in [3.8, 4) is 0 Å². The molecule has 1 saturated carbocycles. The van der Waals surface area contributed by atoms with Crippen molar-refractivity contribution in [3.63, 3.8) is 0 Å². The van der Waals surface area contributed by atoms with Gasteiger partial charge in [-0.25, -0.2) is 4.79 Å². The maximum absolute atomic E-state index is 12.1. The lowest BCUT2D eigenvalue weighted by Crippen LogP contribution is -2.49. The van der Waals surface area contributed by atoms with Gasteiger partial charge in [0.15, 0.2) is 0 Å². The molecule has 0 aromatic carbocycles. The quantitative estimate of drug-likeness (QED) is 0.559. The summed E-state index contributed by atoms with van der Waals surface area (Å²) in [5.41, 5.74) is 0.